The quantitative estimate of drug-likeness (QED) is 0.731. The standard InChI is InChI=1S/C8H14N2OS/c1-3-4-11-5-7-10-8(9)6(2)12-7/h3-5,9H2,1-2H3. The van der Waals surface area contributed by atoms with Gasteiger partial charge in [-0.05, 0) is 13.3 Å². The van der Waals surface area contributed by atoms with Crippen molar-refractivity contribution < 1.29 is 4.74 Å². The average Bonchev–Trinajstić information content (AvgIpc) is 2.32. The summed E-state index contributed by atoms with van der Waals surface area (Å²) in [5.74, 6) is 0.634. The van der Waals surface area contributed by atoms with E-state index >= 15 is 0 Å². The Morgan fingerprint density at radius 3 is 2.83 bits per heavy atom. The fourth-order valence-electron chi connectivity index (χ4n) is 0.830. The molecule has 0 saturated heterocycles. The Labute approximate surface area is 76.6 Å². The van der Waals surface area contributed by atoms with E-state index in [0.717, 1.165) is 22.9 Å². The van der Waals surface area contributed by atoms with Crippen LogP contribution in [0.15, 0.2) is 0 Å². The molecule has 0 atom stereocenters. The molecule has 1 heterocycles. The largest absolute Gasteiger partial charge is 0.383 e. The molecule has 0 aromatic carbocycles. The minimum absolute atomic E-state index is 0.594. The van der Waals surface area contributed by atoms with E-state index in [1.54, 1.807) is 11.3 Å². The van der Waals surface area contributed by atoms with Gasteiger partial charge in [-0.2, -0.15) is 0 Å². The number of hydrogen-bond donors (Lipinski definition) is 1. The first-order valence-electron chi connectivity index (χ1n) is 4.03. The van der Waals surface area contributed by atoms with Crippen LogP contribution in [-0.4, -0.2) is 11.6 Å². The van der Waals surface area contributed by atoms with E-state index in [4.69, 9.17) is 10.5 Å². The molecular formula is C8H14N2OS. The molecule has 68 valence electrons. The predicted molar refractivity (Wildman–Crippen MR) is 51.2 cm³/mol. The summed E-state index contributed by atoms with van der Waals surface area (Å²) in [7, 11) is 0. The van der Waals surface area contributed by atoms with E-state index in [1.165, 1.54) is 0 Å². The number of nitrogens with two attached hydrogens (primary N) is 1. The maximum atomic E-state index is 5.59. The van der Waals surface area contributed by atoms with Crippen molar-refractivity contribution in [1.82, 2.24) is 4.98 Å². The molecule has 0 aliphatic heterocycles. The Kier molecular flexibility index (Phi) is 3.49. The Balaban J connectivity index is 2.42. The molecule has 0 aliphatic rings. The monoisotopic (exact) mass is 186 g/mol. The molecule has 0 bridgehead atoms. The van der Waals surface area contributed by atoms with Gasteiger partial charge in [0, 0.05) is 11.5 Å². The van der Waals surface area contributed by atoms with Crippen molar-refractivity contribution in [2.75, 3.05) is 12.3 Å². The van der Waals surface area contributed by atoms with E-state index < -0.39 is 0 Å². The second-order valence-electron chi connectivity index (χ2n) is 2.60. The molecule has 1 aromatic heterocycles. The smallest absolute Gasteiger partial charge is 0.137 e. The van der Waals surface area contributed by atoms with Gasteiger partial charge in [0.05, 0.1) is 6.61 Å². The minimum atomic E-state index is 0.594. The summed E-state index contributed by atoms with van der Waals surface area (Å²) < 4.78 is 5.33. The van der Waals surface area contributed by atoms with Crippen molar-refractivity contribution in [3.8, 4) is 0 Å². The number of aromatic nitrogens is 1. The number of nitrogens with zero attached hydrogens (tertiary/aromatic N) is 1. The molecule has 0 unspecified atom stereocenters. The van der Waals surface area contributed by atoms with Gasteiger partial charge in [-0.15, -0.1) is 11.3 Å². The first kappa shape index (κ1) is 9.48. The first-order valence-corrected chi connectivity index (χ1v) is 4.85. The minimum Gasteiger partial charge on any atom is -0.383 e. The van der Waals surface area contributed by atoms with Gasteiger partial charge in [0.2, 0.25) is 0 Å². The molecule has 2 N–H and O–H groups in total. The van der Waals surface area contributed by atoms with Crippen molar-refractivity contribution in [3.63, 3.8) is 0 Å². The number of nitrogen functional groups attached to an aromatic ring is 1. The average molecular weight is 186 g/mol. The summed E-state index contributed by atoms with van der Waals surface area (Å²) in [5.41, 5.74) is 5.59. The maximum absolute atomic E-state index is 5.59. The Bertz CT molecular complexity index is 228. The molecule has 4 heteroatoms. The number of ether oxygens (including phenoxy) is 1. The van der Waals surface area contributed by atoms with Crippen LogP contribution in [0.5, 0.6) is 0 Å². The lowest BCUT2D eigenvalue weighted by Gasteiger charge is -1.96. The van der Waals surface area contributed by atoms with Crippen LogP contribution in [-0.2, 0) is 11.3 Å². The van der Waals surface area contributed by atoms with E-state index in [0.29, 0.717) is 12.4 Å². The van der Waals surface area contributed by atoms with Crippen molar-refractivity contribution in [2.24, 2.45) is 0 Å². The lowest BCUT2D eigenvalue weighted by molar-refractivity contribution is 0.121. The third kappa shape index (κ3) is 2.46. The second-order valence-corrected chi connectivity index (χ2v) is 3.89. The fraction of sp³-hybridized carbons (Fsp3) is 0.625. The lowest BCUT2D eigenvalue weighted by atomic mass is 10.5. The molecule has 12 heavy (non-hydrogen) atoms. The summed E-state index contributed by atoms with van der Waals surface area (Å²) in [6.07, 6.45) is 1.04. The van der Waals surface area contributed by atoms with Gasteiger partial charge in [0.1, 0.15) is 10.8 Å². The zero-order chi connectivity index (χ0) is 8.97. The highest BCUT2D eigenvalue weighted by molar-refractivity contribution is 7.12. The highest BCUT2D eigenvalue weighted by Crippen LogP contribution is 2.19. The van der Waals surface area contributed by atoms with Crippen LogP contribution < -0.4 is 5.73 Å². The van der Waals surface area contributed by atoms with E-state index in [9.17, 15) is 0 Å². The normalized spacial score (nSPS) is 10.5. The maximum Gasteiger partial charge on any atom is 0.137 e. The summed E-state index contributed by atoms with van der Waals surface area (Å²) in [4.78, 5) is 5.23. The van der Waals surface area contributed by atoms with E-state index in [2.05, 4.69) is 11.9 Å². The van der Waals surface area contributed by atoms with Gasteiger partial charge in [0.15, 0.2) is 0 Å². The van der Waals surface area contributed by atoms with Crippen molar-refractivity contribution in [1.29, 1.82) is 0 Å². The molecular weight excluding hydrogens is 172 g/mol. The zero-order valence-corrected chi connectivity index (χ0v) is 8.28. The number of rotatable bonds is 4. The molecule has 0 saturated carbocycles. The van der Waals surface area contributed by atoms with Gasteiger partial charge in [-0.1, -0.05) is 6.92 Å². The van der Waals surface area contributed by atoms with Crippen LogP contribution in [0, 0.1) is 6.92 Å². The molecule has 1 aromatic rings. The van der Waals surface area contributed by atoms with Crippen LogP contribution >= 0.6 is 11.3 Å². The second kappa shape index (κ2) is 4.42. The molecule has 0 amide bonds. The van der Waals surface area contributed by atoms with Crippen LogP contribution in [0.4, 0.5) is 5.82 Å². The molecule has 0 radical (unpaired) electrons. The zero-order valence-electron chi connectivity index (χ0n) is 7.46. The fourth-order valence-corrected chi connectivity index (χ4v) is 1.62. The third-order valence-corrected chi connectivity index (χ3v) is 2.41. The summed E-state index contributed by atoms with van der Waals surface area (Å²) in [6.45, 7) is 5.44. The number of hydrogen-bond acceptors (Lipinski definition) is 4. The molecule has 1 rings (SSSR count). The molecule has 0 fully saturated rings. The van der Waals surface area contributed by atoms with Crippen molar-refractivity contribution in [3.05, 3.63) is 9.88 Å². The van der Waals surface area contributed by atoms with Gasteiger partial charge >= 0.3 is 0 Å². The van der Waals surface area contributed by atoms with Gasteiger partial charge in [0.25, 0.3) is 0 Å². The third-order valence-electron chi connectivity index (χ3n) is 1.45. The molecule has 0 spiro atoms. The van der Waals surface area contributed by atoms with Gasteiger partial charge in [-0.25, -0.2) is 4.98 Å². The summed E-state index contributed by atoms with van der Waals surface area (Å²) in [6, 6.07) is 0. The van der Waals surface area contributed by atoms with E-state index in [1.807, 2.05) is 6.92 Å². The van der Waals surface area contributed by atoms with E-state index in [-0.39, 0.29) is 0 Å². The van der Waals surface area contributed by atoms with Crippen LogP contribution in [0.1, 0.15) is 23.2 Å². The number of thiazole rings is 1. The molecule has 0 aliphatic carbocycles. The van der Waals surface area contributed by atoms with Crippen LogP contribution in [0.25, 0.3) is 0 Å². The van der Waals surface area contributed by atoms with Gasteiger partial charge < -0.3 is 10.5 Å². The number of aryl methyl sites for hydroxylation is 1. The number of anilines is 1. The lowest BCUT2D eigenvalue weighted by Crippen LogP contribution is -1.94. The summed E-state index contributed by atoms with van der Waals surface area (Å²) in [5, 5.41) is 0.971. The SMILES string of the molecule is CCCOCc1nc(N)c(C)s1. The predicted octanol–water partition coefficient (Wildman–Crippen LogP) is 1.96. The Hall–Kier alpha value is -0.610. The highest BCUT2D eigenvalue weighted by atomic mass is 32.1. The van der Waals surface area contributed by atoms with Gasteiger partial charge in [-0.3, -0.25) is 0 Å². The topological polar surface area (TPSA) is 48.1 Å². The van der Waals surface area contributed by atoms with Crippen LogP contribution in [0.2, 0.25) is 0 Å². The Morgan fingerprint density at radius 1 is 1.58 bits per heavy atom. The first-order chi connectivity index (χ1) is 5.74. The van der Waals surface area contributed by atoms with Crippen molar-refractivity contribution in [2.45, 2.75) is 26.9 Å². The Morgan fingerprint density at radius 2 is 2.33 bits per heavy atom. The summed E-state index contributed by atoms with van der Waals surface area (Å²) >= 11 is 1.60. The molecule has 3 nitrogen and oxygen atoms in total. The van der Waals surface area contributed by atoms with Crippen LogP contribution in [0.3, 0.4) is 0 Å². The highest BCUT2D eigenvalue weighted by Gasteiger charge is 2.03. The van der Waals surface area contributed by atoms with Crippen molar-refractivity contribution >= 4 is 17.2 Å².